The number of nitrogens with one attached hydrogen (secondary N) is 2. The third-order valence-corrected chi connectivity index (χ3v) is 3.66. The van der Waals surface area contributed by atoms with E-state index in [-0.39, 0.29) is 11.3 Å². The van der Waals surface area contributed by atoms with E-state index in [0.717, 1.165) is 4.57 Å². The molecule has 1 aromatic heterocycles. The van der Waals surface area contributed by atoms with E-state index in [2.05, 4.69) is 10.3 Å². The van der Waals surface area contributed by atoms with Crippen molar-refractivity contribution in [3.63, 3.8) is 0 Å². The molecule has 2 amide bonds. The van der Waals surface area contributed by atoms with Crippen molar-refractivity contribution in [2.24, 2.45) is 5.73 Å². The minimum absolute atomic E-state index is 0.135. The molecule has 2 aromatic carbocycles. The second-order valence-corrected chi connectivity index (χ2v) is 5.33. The van der Waals surface area contributed by atoms with Crippen LogP contribution in [0.4, 0.5) is 5.69 Å². The van der Waals surface area contributed by atoms with Crippen LogP contribution in [-0.2, 0) is 11.3 Å². The molecule has 0 aliphatic rings. The van der Waals surface area contributed by atoms with Crippen LogP contribution in [0.25, 0.3) is 10.9 Å². The second-order valence-electron chi connectivity index (χ2n) is 5.33. The summed E-state index contributed by atoms with van der Waals surface area (Å²) in [5, 5.41) is 2.79. The van der Waals surface area contributed by atoms with Crippen molar-refractivity contribution in [2.75, 3.05) is 5.32 Å². The fourth-order valence-electron chi connectivity index (χ4n) is 2.48. The Morgan fingerprint density at radius 1 is 1.04 bits per heavy atom. The zero-order valence-corrected chi connectivity index (χ0v) is 13.0. The number of nitrogens with two attached hydrogens (primary N) is 1. The van der Waals surface area contributed by atoms with Gasteiger partial charge < -0.3 is 16.0 Å². The van der Waals surface area contributed by atoms with Crippen LogP contribution in [0.5, 0.6) is 0 Å². The number of primary amides is 1. The lowest BCUT2D eigenvalue weighted by Crippen LogP contribution is -2.38. The summed E-state index contributed by atoms with van der Waals surface area (Å²) >= 11 is 0. The predicted octanol–water partition coefficient (Wildman–Crippen LogP) is 0.427. The van der Waals surface area contributed by atoms with Gasteiger partial charge in [-0.05, 0) is 24.3 Å². The fourth-order valence-corrected chi connectivity index (χ4v) is 2.48. The van der Waals surface area contributed by atoms with E-state index < -0.39 is 29.6 Å². The molecule has 126 valence electrons. The number of hydrogen-bond acceptors (Lipinski definition) is 4. The summed E-state index contributed by atoms with van der Waals surface area (Å²) < 4.78 is 0.796. The van der Waals surface area contributed by atoms with Crippen molar-refractivity contribution in [2.45, 2.75) is 6.54 Å². The molecule has 0 radical (unpaired) electrons. The second kappa shape index (κ2) is 6.44. The van der Waals surface area contributed by atoms with Crippen molar-refractivity contribution < 1.29 is 9.59 Å². The van der Waals surface area contributed by atoms with Crippen molar-refractivity contribution in [1.82, 2.24) is 9.55 Å². The Hall–Kier alpha value is -3.68. The molecule has 3 rings (SSSR count). The first kappa shape index (κ1) is 16.2. The smallest absolute Gasteiger partial charge is 0.329 e. The summed E-state index contributed by atoms with van der Waals surface area (Å²) in [5.41, 5.74) is 4.73. The monoisotopic (exact) mass is 338 g/mol. The van der Waals surface area contributed by atoms with E-state index in [4.69, 9.17) is 5.73 Å². The zero-order chi connectivity index (χ0) is 18.0. The molecule has 0 fully saturated rings. The minimum atomic E-state index is -0.698. The van der Waals surface area contributed by atoms with Gasteiger partial charge in [0.05, 0.1) is 22.2 Å². The van der Waals surface area contributed by atoms with Gasteiger partial charge in [0, 0.05) is 0 Å². The molecule has 0 atom stereocenters. The Morgan fingerprint density at radius 3 is 2.48 bits per heavy atom. The van der Waals surface area contributed by atoms with Crippen molar-refractivity contribution in [3.8, 4) is 0 Å². The summed E-state index contributed by atoms with van der Waals surface area (Å²) in [4.78, 5) is 50.6. The third kappa shape index (κ3) is 3.18. The van der Waals surface area contributed by atoms with Crippen LogP contribution in [0.1, 0.15) is 10.4 Å². The van der Waals surface area contributed by atoms with Gasteiger partial charge in [-0.3, -0.25) is 19.0 Å². The number of aromatic amines is 1. The van der Waals surface area contributed by atoms with E-state index in [1.165, 1.54) is 12.1 Å². The number of aromatic nitrogens is 2. The van der Waals surface area contributed by atoms with Gasteiger partial charge in [0.25, 0.3) is 11.5 Å². The molecular weight excluding hydrogens is 324 g/mol. The number of anilines is 1. The van der Waals surface area contributed by atoms with Gasteiger partial charge in [0.2, 0.25) is 5.91 Å². The number of amides is 2. The van der Waals surface area contributed by atoms with E-state index >= 15 is 0 Å². The van der Waals surface area contributed by atoms with E-state index in [0.29, 0.717) is 10.9 Å². The van der Waals surface area contributed by atoms with Crippen molar-refractivity contribution in [1.29, 1.82) is 0 Å². The zero-order valence-electron chi connectivity index (χ0n) is 13.0. The quantitative estimate of drug-likeness (QED) is 0.637. The Kier molecular flexibility index (Phi) is 4.17. The molecular formula is C17H14N4O4. The molecule has 25 heavy (non-hydrogen) atoms. The highest BCUT2D eigenvalue weighted by Crippen LogP contribution is 2.14. The molecule has 8 nitrogen and oxygen atoms in total. The van der Waals surface area contributed by atoms with Crippen LogP contribution < -0.4 is 22.3 Å². The molecule has 0 saturated carbocycles. The standard InChI is InChI=1S/C17H14N4O4/c18-15(23)10-5-1-3-7-12(10)19-14(22)9-21-16(24)11-6-2-4-8-13(11)20-17(21)25/h1-8H,9H2,(H2,18,23)(H,19,22)(H,20,25). The number of rotatable bonds is 4. The molecule has 4 N–H and O–H groups in total. The highest BCUT2D eigenvalue weighted by atomic mass is 16.2. The molecule has 8 heteroatoms. The number of carbonyl (C=O) groups excluding carboxylic acids is 2. The number of carbonyl (C=O) groups is 2. The van der Waals surface area contributed by atoms with Gasteiger partial charge in [0.15, 0.2) is 0 Å². The first-order valence-electron chi connectivity index (χ1n) is 7.38. The maximum absolute atomic E-state index is 12.4. The first-order valence-corrected chi connectivity index (χ1v) is 7.38. The summed E-state index contributed by atoms with van der Waals surface area (Å²) in [6.45, 7) is -0.494. The molecule has 0 saturated heterocycles. The molecule has 0 aliphatic heterocycles. The van der Waals surface area contributed by atoms with Crippen LogP contribution >= 0.6 is 0 Å². The molecule has 0 spiro atoms. The normalized spacial score (nSPS) is 10.6. The number of para-hydroxylation sites is 2. The summed E-state index contributed by atoms with van der Waals surface area (Å²) in [6, 6.07) is 12.7. The summed E-state index contributed by atoms with van der Waals surface area (Å²) in [5.74, 6) is -1.33. The van der Waals surface area contributed by atoms with Crippen molar-refractivity contribution in [3.05, 3.63) is 74.9 Å². The first-order chi connectivity index (χ1) is 12.0. The molecule has 0 unspecified atom stereocenters. The summed E-state index contributed by atoms with van der Waals surface area (Å²) in [7, 11) is 0. The largest absolute Gasteiger partial charge is 0.366 e. The summed E-state index contributed by atoms with van der Waals surface area (Å²) in [6.07, 6.45) is 0. The maximum atomic E-state index is 12.4. The highest BCUT2D eigenvalue weighted by molar-refractivity contribution is 6.02. The molecule has 3 aromatic rings. The van der Waals surface area contributed by atoms with E-state index in [9.17, 15) is 19.2 Å². The number of hydrogen-bond donors (Lipinski definition) is 3. The van der Waals surface area contributed by atoms with Crippen LogP contribution in [0, 0.1) is 0 Å². The average molecular weight is 338 g/mol. The Balaban J connectivity index is 1.92. The van der Waals surface area contributed by atoms with Crippen molar-refractivity contribution >= 4 is 28.4 Å². The lowest BCUT2D eigenvalue weighted by molar-refractivity contribution is -0.116. The number of nitrogens with zero attached hydrogens (tertiary/aromatic N) is 1. The topological polar surface area (TPSA) is 127 Å². The van der Waals surface area contributed by atoms with Crippen LogP contribution in [0.2, 0.25) is 0 Å². The van der Waals surface area contributed by atoms with Crippen LogP contribution in [0.15, 0.2) is 58.1 Å². The number of benzene rings is 2. The molecule has 0 aliphatic carbocycles. The van der Waals surface area contributed by atoms with Gasteiger partial charge in [-0.15, -0.1) is 0 Å². The fraction of sp³-hybridized carbons (Fsp3) is 0.0588. The van der Waals surface area contributed by atoms with Gasteiger partial charge in [0.1, 0.15) is 6.54 Å². The third-order valence-electron chi connectivity index (χ3n) is 3.66. The lowest BCUT2D eigenvalue weighted by Gasteiger charge is -2.10. The molecule has 1 heterocycles. The van der Waals surface area contributed by atoms with Gasteiger partial charge in [-0.1, -0.05) is 24.3 Å². The average Bonchev–Trinajstić information content (AvgIpc) is 2.59. The Morgan fingerprint density at radius 2 is 1.72 bits per heavy atom. The Labute approximate surface area is 140 Å². The van der Waals surface area contributed by atoms with Crippen LogP contribution in [-0.4, -0.2) is 21.4 Å². The van der Waals surface area contributed by atoms with Gasteiger partial charge >= 0.3 is 5.69 Å². The van der Waals surface area contributed by atoms with Gasteiger partial charge in [-0.25, -0.2) is 4.79 Å². The molecule has 0 bridgehead atoms. The minimum Gasteiger partial charge on any atom is -0.366 e. The van der Waals surface area contributed by atoms with Gasteiger partial charge in [-0.2, -0.15) is 0 Å². The maximum Gasteiger partial charge on any atom is 0.329 e. The Bertz CT molecular complexity index is 1100. The van der Waals surface area contributed by atoms with Crippen LogP contribution in [0.3, 0.4) is 0 Å². The van der Waals surface area contributed by atoms with E-state index in [1.807, 2.05) is 0 Å². The lowest BCUT2D eigenvalue weighted by atomic mass is 10.1. The SMILES string of the molecule is NC(=O)c1ccccc1NC(=O)Cn1c(=O)[nH]c2ccccc2c1=O. The highest BCUT2D eigenvalue weighted by Gasteiger charge is 2.14. The number of fused-ring (bicyclic) bond motifs is 1. The van der Waals surface area contributed by atoms with E-state index in [1.54, 1.807) is 36.4 Å². The predicted molar refractivity (Wildman–Crippen MR) is 92.4 cm³/mol. The number of H-pyrrole nitrogens is 1.